The first kappa shape index (κ1) is 25.6. The Kier molecular flexibility index (Phi) is 10.1. The summed E-state index contributed by atoms with van der Waals surface area (Å²) >= 11 is 0. The third-order valence-electron chi connectivity index (χ3n) is 6.29. The number of carbonyl (C=O) groups is 1. The van der Waals surface area contributed by atoms with Crippen molar-refractivity contribution in [2.24, 2.45) is 4.99 Å². The summed E-state index contributed by atoms with van der Waals surface area (Å²) in [4.78, 5) is 24.2. The Morgan fingerprint density at radius 3 is 2.30 bits per heavy atom. The van der Waals surface area contributed by atoms with Gasteiger partial charge in [-0.15, -0.1) is 24.0 Å². The Morgan fingerprint density at radius 2 is 1.64 bits per heavy atom. The van der Waals surface area contributed by atoms with Crippen LogP contribution >= 0.6 is 24.0 Å². The second-order valence-corrected chi connectivity index (χ2v) is 8.53. The molecular weight excluding hydrogens is 529 g/mol. The molecule has 2 saturated heterocycles. The van der Waals surface area contributed by atoms with Gasteiger partial charge < -0.3 is 19.5 Å². The van der Waals surface area contributed by atoms with Gasteiger partial charge in [-0.05, 0) is 56.1 Å². The summed E-state index contributed by atoms with van der Waals surface area (Å²) < 4.78 is 5.27. The Labute approximate surface area is 214 Å². The van der Waals surface area contributed by atoms with Crippen molar-refractivity contribution in [1.29, 1.82) is 0 Å². The normalized spacial score (nSPS) is 17.5. The zero-order chi connectivity index (χ0) is 22.2. The molecule has 1 N–H and O–H groups in total. The Balaban J connectivity index is 0.00000306. The van der Waals surface area contributed by atoms with Crippen LogP contribution < -0.4 is 5.32 Å². The number of halogens is 1. The van der Waals surface area contributed by atoms with E-state index in [9.17, 15) is 4.79 Å². The maximum Gasteiger partial charge on any atom is 0.289 e. The first-order chi connectivity index (χ1) is 15.7. The second-order valence-electron chi connectivity index (χ2n) is 8.53. The molecule has 2 fully saturated rings. The Hall–Kier alpha value is -2.07. The molecule has 0 aliphatic carbocycles. The summed E-state index contributed by atoms with van der Waals surface area (Å²) in [6.45, 7) is 9.82. The molecule has 0 radical (unpaired) electrons. The van der Waals surface area contributed by atoms with E-state index in [1.165, 1.54) is 43.5 Å². The molecule has 3 heterocycles. The van der Waals surface area contributed by atoms with Crippen molar-refractivity contribution >= 4 is 35.8 Å². The predicted molar refractivity (Wildman–Crippen MR) is 142 cm³/mol. The molecule has 2 aliphatic rings. The number of aliphatic imine (C=N–C) groups is 1. The van der Waals surface area contributed by atoms with Gasteiger partial charge in [0.2, 0.25) is 0 Å². The quantitative estimate of drug-likeness (QED) is 0.328. The minimum atomic E-state index is -0.0387. The molecule has 7 nitrogen and oxygen atoms in total. The number of furan rings is 1. The van der Waals surface area contributed by atoms with Crippen LogP contribution in [0.25, 0.3) is 0 Å². The highest BCUT2D eigenvalue weighted by Gasteiger charge is 2.25. The average molecular weight is 566 g/mol. The van der Waals surface area contributed by atoms with Gasteiger partial charge >= 0.3 is 0 Å². The molecule has 0 unspecified atom stereocenters. The molecule has 0 saturated carbocycles. The summed E-state index contributed by atoms with van der Waals surface area (Å²) in [6.07, 6.45) is 5.51. The molecule has 2 aromatic rings. The zero-order valence-electron chi connectivity index (χ0n) is 19.5. The van der Waals surface area contributed by atoms with Crippen molar-refractivity contribution < 1.29 is 9.21 Å². The van der Waals surface area contributed by atoms with Gasteiger partial charge in [0.15, 0.2) is 11.7 Å². The fourth-order valence-corrected chi connectivity index (χ4v) is 4.49. The number of piperidine rings is 1. The highest BCUT2D eigenvalue weighted by atomic mass is 127. The smallest absolute Gasteiger partial charge is 0.289 e. The lowest BCUT2D eigenvalue weighted by Crippen LogP contribution is -2.53. The molecule has 2 aliphatic heterocycles. The van der Waals surface area contributed by atoms with Gasteiger partial charge in [-0.25, -0.2) is 4.99 Å². The van der Waals surface area contributed by atoms with Crippen LogP contribution in [0.3, 0.4) is 0 Å². The van der Waals surface area contributed by atoms with Crippen LogP contribution in [-0.4, -0.2) is 72.4 Å². The second kappa shape index (κ2) is 13.0. The topological polar surface area (TPSA) is 64.3 Å². The van der Waals surface area contributed by atoms with Gasteiger partial charge in [0, 0.05) is 39.3 Å². The van der Waals surface area contributed by atoms with Crippen LogP contribution in [0.4, 0.5) is 0 Å². The van der Waals surface area contributed by atoms with Gasteiger partial charge in [-0.1, -0.05) is 30.7 Å². The van der Waals surface area contributed by atoms with E-state index < -0.39 is 0 Å². The molecule has 0 atom stereocenters. The lowest BCUT2D eigenvalue weighted by atomic mass is 10.1. The van der Waals surface area contributed by atoms with Crippen LogP contribution in [0.2, 0.25) is 0 Å². The van der Waals surface area contributed by atoms with Gasteiger partial charge in [0.1, 0.15) is 0 Å². The number of rotatable bonds is 6. The number of nitrogens with one attached hydrogen (secondary N) is 1. The number of likely N-dealkylation sites (tertiary alicyclic amines) is 1. The number of hydrogen-bond acceptors (Lipinski definition) is 4. The standard InChI is InChI=1S/C25H35N5O2.HI/c1-2-26-25(30-16-14-29(15-17-30)24(31)23-11-8-18-32-23)27-19-21-9-4-5-10-22(21)20-28-12-6-3-7-13-28;/h4-5,8-11,18H,2-3,6-7,12-17,19-20H2,1H3,(H,26,27);1H. The van der Waals surface area contributed by atoms with E-state index in [1.54, 1.807) is 18.4 Å². The molecule has 33 heavy (non-hydrogen) atoms. The summed E-state index contributed by atoms with van der Waals surface area (Å²) in [5.41, 5.74) is 2.67. The predicted octanol–water partition coefficient (Wildman–Crippen LogP) is 3.81. The first-order valence-electron chi connectivity index (χ1n) is 11.9. The van der Waals surface area contributed by atoms with E-state index >= 15 is 0 Å². The molecule has 4 rings (SSSR count). The van der Waals surface area contributed by atoms with E-state index in [-0.39, 0.29) is 29.9 Å². The van der Waals surface area contributed by atoms with Crippen LogP contribution in [0.5, 0.6) is 0 Å². The van der Waals surface area contributed by atoms with Crippen LogP contribution in [0.1, 0.15) is 47.9 Å². The van der Waals surface area contributed by atoms with E-state index in [0.29, 0.717) is 25.4 Å². The number of amides is 1. The summed E-state index contributed by atoms with van der Waals surface area (Å²) in [5, 5.41) is 3.44. The lowest BCUT2D eigenvalue weighted by molar-refractivity contribution is 0.0657. The summed E-state index contributed by atoms with van der Waals surface area (Å²) in [5.74, 6) is 1.29. The van der Waals surface area contributed by atoms with Crippen molar-refractivity contribution in [2.45, 2.75) is 39.3 Å². The SMILES string of the molecule is CCNC(=NCc1ccccc1CN1CCCCC1)N1CCN(C(=O)c2ccco2)CC1.I. The van der Waals surface area contributed by atoms with Gasteiger partial charge in [-0.2, -0.15) is 0 Å². The molecule has 8 heteroatoms. The lowest BCUT2D eigenvalue weighted by Gasteiger charge is -2.36. The van der Waals surface area contributed by atoms with Crippen LogP contribution in [-0.2, 0) is 13.1 Å². The highest BCUT2D eigenvalue weighted by molar-refractivity contribution is 14.0. The van der Waals surface area contributed by atoms with Gasteiger partial charge in [0.05, 0.1) is 12.8 Å². The monoisotopic (exact) mass is 565 g/mol. The van der Waals surface area contributed by atoms with Crippen LogP contribution in [0, 0.1) is 0 Å². The minimum Gasteiger partial charge on any atom is -0.459 e. The van der Waals surface area contributed by atoms with Crippen molar-refractivity contribution in [1.82, 2.24) is 20.0 Å². The first-order valence-corrected chi connectivity index (χ1v) is 11.9. The molecule has 1 aromatic heterocycles. The molecule has 1 amide bonds. The fourth-order valence-electron chi connectivity index (χ4n) is 4.49. The fraction of sp³-hybridized carbons (Fsp3) is 0.520. The van der Waals surface area contributed by atoms with Crippen molar-refractivity contribution in [2.75, 3.05) is 45.8 Å². The largest absolute Gasteiger partial charge is 0.459 e. The number of nitrogens with zero attached hydrogens (tertiary/aromatic N) is 4. The third-order valence-corrected chi connectivity index (χ3v) is 6.29. The molecule has 1 aromatic carbocycles. The number of carbonyl (C=O) groups excluding carboxylic acids is 1. The number of piperazine rings is 1. The van der Waals surface area contributed by atoms with Gasteiger partial charge in [-0.3, -0.25) is 9.69 Å². The maximum absolute atomic E-state index is 12.5. The third kappa shape index (κ3) is 6.96. The number of guanidine groups is 1. The molecule has 180 valence electrons. The van der Waals surface area contributed by atoms with E-state index in [2.05, 4.69) is 46.3 Å². The van der Waals surface area contributed by atoms with E-state index in [0.717, 1.165) is 32.1 Å². The summed E-state index contributed by atoms with van der Waals surface area (Å²) in [6, 6.07) is 12.2. The van der Waals surface area contributed by atoms with Crippen molar-refractivity contribution in [3.05, 3.63) is 59.5 Å². The zero-order valence-corrected chi connectivity index (χ0v) is 21.9. The van der Waals surface area contributed by atoms with Crippen molar-refractivity contribution in [3.8, 4) is 0 Å². The Bertz CT molecular complexity index is 888. The molecule has 0 spiro atoms. The van der Waals surface area contributed by atoms with Crippen LogP contribution in [0.15, 0.2) is 52.1 Å². The molecule has 0 bridgehead atoms. The summed E-state index contributed by atoms with van der Waals surface area (Å²) in [7, 11) is 0. The molecular formula is C25H36IN5O2. The van der Waals surface area contributed by atoms with Crippen molar-refractivity contribution in [3.63, 3.8) is 0 Å². The van der Waals surface area contributed by atoms with Gasteiger partial charge in [0.25, 0.3) is 5.91 Å². The number of benzene rings is 1. The average Bonchev–Trinajstić information content (AvgIpc) is 3.38. The van der Waals surface area contributed by atoms with E-state index in [1.807, 2.05) is 4.90 Å². The maximum atomic E-state index is 12.5. The highest BCUT2D eigenvalue weighted by Crippen LogP contribution is 2.17. The Morgan fingerprint density at radius 1 is 0.939 bits per heavy atom. The minimum absolute atomic E-state index is 0. The van der Waals surface area contributed by atoms with E-state index in [4.69, 9.17) is 9.41 Å². The number of hydrogen-bond donors (Lipinski definition) is 1.